The largest absolute Gasteiger partial charge is 0.494 e. The number of nitrogens with two attached hydrogens (primary N) is 1. The van der Waals surface area contributed by atoms with Crippen LogP contribution in [0.15, 0.2) is 18.2 Å². The summed E-state index contributed by atoms with van der Waals surface area (Å²) >= 11 is 0. The highest BCUT2D eigenvalue weighted by molar-refractivity contribution is 5.31. The van der Waals surface area contributed by atoms with Gasteiger partial charge in [0.05, 0.1) is 13.2 Å². The molecule has 5 heteroatoms. The first-order valence-corrected chi connectivity index (χ1v) is 3.93. The van der Waals surface area contributed by atoms with Crippen molar-refractivity contribution < 1.29 is 17.9 Å². The van der Waals surface area contributed by atoms with Gasteiger partial charge in [0, 0.05) is 0 Å². The Kier molecular flexibility index (Phi) is 3.35. The summed E-state index contributed by atoms with van der Waals surface area (Å²) in [5.41, 5.74) is 5.19. The zero-order chi connectivity index (χ0) is 10.7. The average Bonchev–Trinajstić information content (AvgIpc) is 2.16. The molecule has 2 nitrogen and oxygen atoms in total. The van der Waals surface area contributed by atoms with Crippen LogP contribution in [0.4, 0.5) is 13.2 Å². The number of alkyl halides is 2. The Balaban J connectivity index is 2.96. The SMILES string of the molecule is COc1ccc([C@@H](N)C(F)F)cc1F. The average molecular weight is 205 g/mol. The van der Waals surface area contributed by atoms with Crippen molar-refractivity contribution in [3.63, 3.8) is 0 Å². The Hall–Kier alpha value is -1.23. The number of methoxy groups -OCH3 is 1. The zero-order valence-corrected chi connectivity index (χ0v) is 7.51. The van der Waals surface area contributed by atoms with E-state index in [1.807, 2.05) is 0 Å². The lowest BCUT2D eigenvalue weighted by Crippen LogP contribution is -2.19. The second-order valence-electron chi connectivity index (χ2n) is 2.75. The Bertz CT molecular complexity index is 317. The monoisotopic (exact) mass is 205 g/mol. The highest BCUT2D eigenvalue weighted by Crippen LogP contribution is 2.23. The summed E-state index contributed by atoms with van der Waals surface area (Å²) in [4.78, 5) is 0. The first-order chi connectivity index (χ1) is 6.56. The van der Waals surface area contributed by atoms with Gasteiger partial charge in [-0.05, 0) is 17.7 Å². The van der Waals surface area contributed by atoms with E-state index < -0.39 is 18.3 Å². The molecule has 2 N–H and O–H groups in total. The van der Waals surface area contributed by atoms with Crippen LogP contribution in [-0.4, -0.2) is 13.5 Å². The summed E-state index contributed by atoms with van der Waals surface area (Å²) in [7, 11) is 1.30. The minimum Gasteiger partial charge on any atom is -0.494 e. The van der Waals surface area contributed by atoms with E-state index >= 15 is 0 Å². The lowest BCUT2D eigenvalue weighted by Gasteiger charge is -2.11. The lowest BCUT2D eigenvalue weighted by molar-refractivity contribution is 0.116. The Morgan fingerprint density at radius 3 is 2.43 bits per heavy atom. The fourth-order valence-electron chi connectivity index (χ4n) is 1.04. The summed E-state index contributed by atoms with van der Waals surface area (Å²) in [5, 5.41) is 0. The van der Waals surface area contributed by atoms with Crippen LogP contribution in [0.3, 0.4) is 0 Å². The van der Waals surface area contributed by atoms with Gasteiger partial charge in [-0.15, -0.1) is 0 Å². The fourth-order valence-corrected chi connectivity index (χ4v) is 1.04. The number of rotatable bonds is 3. The molecule has 1 rings (SSSR count). The predicted molar refractivity (Wildman–Crippen MR) is 45.9 cm³/mol. The molecule has 0 aliphatic rings. The number of halogens is 3. The van der Waals surface area contributed by atoms with Crippen LogP contribution in [0.25, 0.3) is 0 Å². The molecule has 0 unspecified atom stereocenters. The van der Waals surface area contributed by atoms with Gasteiger partial charge in [0.25, 0.3) is 6.43 Å². The first-order valence-electron chi connectivity index (χ1n) is 3.93. The molecule has 0 heterocycles. The molecule has 0 aliphatic carbocycles. The molecule has 0 aromatic heterocycles. The van der Waals surface area contributed by atoms with Gasteiger partial charge < -0.3 is 10.5 Å². The molecule has 0 amide bonds. The standard InChI is InChI=1S/C9H10F3NO/c1-14-7-3-2-5(4-6(7)10)8(13)9(11)12/h2-4,8-9H,13H2,1H3/t8-/m1/s1. The van der Waals surface area contributed by atoms with E-state index in [0.29, 0.717) is 0 Å². The van der Waals surface area contributed by atoms with Gasteiger partial charge in [-0.1, -0.05) is 6.07 Å². The molecule has 0 radical (unpaired) electrons. The lowest BCUT2D eigenvalue weighted by atomic mass is 10.1. The molecular formula is C9H10F3NO. The molecule has 78 valence electrons. The smallest absolute Gasteiger partial charge is 0.257 e. The van der Waals surface area contributed by atoms with Gasteiger partial charge in [0.2, 0.25) is 0 Å². The molecule has 14 heavy (non-hydrogen) atoms. The zero-order valence-electron chi connectivity index (χ0n) is 7.51. The molecular weight excluding hydrogens is 195 g/mol. The van der Waals surface area contributed by atoms with Crippen molar-refractivity contribution in [3.8, 4) is 5.75 Å². The number of hydrogen-bond acceptors (Lipinski definition) is 2. The van der Waals surface area contributed by atoms with Crippen molar-refractivity contribution in [3.05, 3.63) is 29.6 Å². The van der Waals surface area contributed by atoms with Crippen molar-refractivity contribution in [2.75, 3.05) is 7.11 Å². The fraction of sp³-hybridized carbons (Fsp3) is 0.333. The van der Waals surface area contributed by atoms with Crippen LogP contribution in [0.1, 0.15) is 11.6 Å². The van der Waals surface area contributed by atoms with Crippen molar-refractivity contribution in [2.45, 2.75) is 12.5 Å². The van der Waals surface area contributed by atoms with E-state index in [-0.39, 0.29) is 11.3 Å². The second-order valence-corrected chi connectivity index (χ2v) is 2.75. The number of benzene rings is 1. The highest BCUT2D eigenvalue weighted by Gasteiger charge is 2.18. The molecule has 0 aliphatic heterocycles. The Morgan fingerprint density at radius 1 is 1.36 bits per heavy atom. The molecule has 0 fully saturated rings. The topological polar surface area (TPSA) is 35.2 Å². The second kappa shape index (κ2) is 4.32. The normalized spacial score (nSPS) is 13.0. The minimum atomic E-state index is -2.71. The molecule has 0 spiro atoms. The maximum Gasteiger partial charge on any atom is 0.257 e. The van der Waals surface area contributed by atoms with E-state index in [9.17, 15) is 13.2 Å². The third kappa shape index (κ3) is 2.17. The van der Waals surface area contributed by atoms with Gasteiger partial charge in [-0.3, -0.25) is 0 Å². The van der Waals surface area contributed by atoms with Gasteiger partial charge in [0.15, 0.2) is 11.6 Å². The quantitative estimate of drug-likeness (QED) is 0.820. The highest BCUT2D eigenvalue weighted by atomic mass is 19.3. The molecule has 1 aromatic rings. The molecule has 1 atom stereocenters. The maximum atomic E-state index is 13.0. The van der Waals surface area contributed by atoms with Gasteiger partial charge >= 0.3 is 0 Å². The minimum absolute atomic E-state index is 0.00946. The van der Waals surface area contributed by atoms with E-state index in [4.69, 9.17) is 5.73 Å². The van der Waals surface area contributed by atoms with Crippen LogP contribution >= 0.6 is 0 Å². The van der Waals surface area contributed by atoms with Crippen LogP contribution in [-0.2, 0) is 0 Å². The van der Waals surface area contributed by atoms with E-state index in [0.717, 1.165) is 6.07 Å². The van der Waals surface area contributed by atoms with Crippen LogP contribution in [0.5, 0.6) is 5.75 Å². The maximum absolute atomic E-state index is 13.0. The molecule has 1 aromatic carbocycles. The van der Waals surface area contributed by atoms with Crippen LogP contribution in [0.2, 0.25) is 0 Å². The summed E-state index contributed by atoms with van der Waals surface area (Å²) in [6, 6.07) is 2.08. The Labute approximate surface area is 79.5 Å². The van der Waals surface area contributed by atoms with Gasteiger partial charge in [0.1, 0.15) is 0 Å². The first kappa shape index (κ1) is 10.8. The van der Waals surface area contributed by atoms with Gasteiger partial charge in [-0.25, -0.2) is 13.2 Å². The van der Waals surface area contributed by atoms with E-state index in [2.05, 4.69) is 4.74 Å². The van der Waals surface area contributed by atoms with Crippen molar-refractivity contribution in [1.82, 2.24) is 0 Å². The molecule has 0 saturated carbocycles. The summed E-state index contributed by atoms with van der Waals surface area (Å²) < 4.78 is 42.0. The predicted octanol–water partition coefficient (Wildman–Crippen LogP) is 2.10. The van der Waals surface area contributed by atoms with E-state index in [1.54, 1.807) is 0 Å². The van der Waals surface area contributed by atoms with Crippen molar-refractivity contribution in [1.29, 1.82) is 0 Å². The van der Waals surface area contributed by atoms with Crippen molar-refractivity contribution in [2.24, 2.45) is 5.73 Å². The Morgan fingerprint density at radius 2 is 2.00 bits per heavy atom. The van der Waals surface area contributed by atoms with Gasteiger partial charge in [-0.2, -0.15) is 0 Å². The summed E-state index contributed by atoms with van der Waals surface area (Å²) in [6.07, 6.45) is -2.71. The van der Waals surface area contributed by atoms with Crippen molar-refractivity contribution >= 4 is 0 Å². The summed E-state index contributed by atoms with van der Waals surface area (Å²) in [5.74, 6) is -0.684. The molecule has 0 saturated heterocycles. The number of ether oxygens (including phenoxy) is 1. The van der Waals surface area contributed by atoms with E-state index in [1.165, 1.54) is 19.2 Å². The van der Waals surface area contributed by atoms with Crippen LogP contribution < -0.4 is 10.5 Å². The third-order valence-electron chi connectivity index (χ3n) is 1.83. The summed E-state index contributed by atoms with van der Waals surface area (Å²) in [6.45, 7) is 0. The third-order valence-corrected chi connectivity index (χ3v) is 1.83. The van der Waals surface area contributed by atoms with Crippen LogP contribution in [0, 0.1) is 5.82 Å². The molecule has 0 bridgehead atoms. The number of hydrogen-bond donors (Lipinski definition) is 1.